The van der Waals surface area contributed by atoms with Gasteiger partial charge in [0.2, 0.25) is 0 Å². The molecule has 0 saturated heterocycles. The van der Waals surface area contributed by atoms with Crippen LogP contribution in [0.25, 0.3) is 0 Å². The minimum Gasteiger partial charge on any atom is -0.246 e. The molecule has 7 heteroatoms. The van der Waals surface area contributed by atoms with E-state index in [0.29, 0.717) is 0 Å². The predicted molar refractivity (Wildman–Crippen MR) is 159 cm³/mol. The third kappa shape index (κ3) is 72.0. The van der Waals surface area contributed by atoms with Gasteiger partial charge in [0.1, 0.15) is 0 Å². The Bertz CT molecular complexity index is 355. The van der Waals surface area contributed by atoms with Crippen molar-refractivity contribution in [2.45, 2.75) is 119 Å². The van der Waals surface area contributed by atoms with Crippen molar-refractivity contribution >= 4 is 59.4 Å². The monoisotopic (exact) mass is 640 g/mol. The van der Waals surface area contributed by atoms with Crippen LogP contribution >= 0.6 is 23.5 Å². The van der Waals surface area contributed by atoms with E-state index in [1.165, 1.54) is 74.9 Å². The third-order valence-electron chi connectivity index (χ3n) is 4.29. The Kier molecular flexibility index (Phi) is 53.9. The van der Waals surface area contributed by atoms with Gasteiger partial charge in [0.25, 0.3) is 0 Å². The molecule has 0 fully saturated rings. The molecule has 0 bridgehead atoms. The summed E-state index contributed by atoms with van der Waals surface area (Å²) in [5.74, 6) is 1.86. The summed E-state index contributed by atoms with van der Waals surface area (Å²) >= 11 is 2.92. The van der Waals surface area contributed by atoms with Gasteiger partial charge < -0.3 is 0 Å². The van der Waals surface area contributed by atoms with Gasteiger partial charge in [0, 0.05) is 23.9 Å². The maximum absolute atomic E-state index is 10.0. The van der Waals surface area contributed by atoms with Gasteiger partial charge in [0.15, 0.2) is 0 Å². The molecule has 0 N–H and O–H groups in total. The summed E-state index contributed by atoms with van der Waals surface area (Å²) in [6, 6.07) is 0. The molecule has 208 valence electrons. The van der Waals surface area contributed by atoms with Crippen LogP contribution in [0, 0.1) is 25.7 Å². The zero-order valence-electron chi connectivity index (χ0n) is 23.8. The number of thioether (sulfide) groups is 2. The van der Waals surface area contributed by atoms with Crippen molar-refractivity contribution in [1.82, 2.24) is 0 Å². The Morgan fingerprint density at radius 3 is 1.11 bits per heavy atom. The normalized spacial score (nSPS) is 9.66. The van der Waals surface area contributed by atoms with Crippen LogP contribution in [0.4, 0.5) is 0 Å². The van der Waals surface area contributed by atoms with E-state index in [1.807, 2.05) is 0 Å². The Morgan fingerprint density at radius 2 is 0.914 bits per heavy atom. The summed E-state index contributed by atoms with van der Waals surface area (Å²) < 4.78 is 0. The van der Waals surface area contributed by atoms with E-state index in [0.717, 1.165) is 49.0 Å². The van der Waals surface area contributed by atoms with Crippen molar-refractivity contribution in [2.24, 2.45) is 11.8 Å². The number of carbonyl (C=O) groups is 2. The summed E-state index contributed by atoms with van der Waals surface area (Å²) in [5.41, 5.74) is 0. The van der Waals surface area contributed by atoms with Crippen LogP contribution in [0.15, 0.2) is 0 Å². The van der Waals surface area contributed by atoms with E-state index in [1.54, 1.807) is 0 Å². The van der Waals surface area contributed by atoms with Gasteiger partial charge in [-0.15, -0.1) is 23.5 Å². The minimum atomic E-state index is -0.952. The first-order valence-electron chi connectivity index (χ1n) is 13.2. The summed E-state index contributed by atoms with van der Waals surface area (Å²) in [6.45, 7) is 20.4. The van der Waals surface area contributed by atoms with Crippen LogP contribution in [-0.4, -0.2) is 58.9 Å². The summed E-state index contributed by atoms with van der Waals surface area (Å²) in [5, 5.41) is 20.1. The first kappa shape index (κ1) is 45.4. The van der Waals surface area contributed by atoms with Crippen LogP contribution in [0.2, 0.25) is 0 Å². The van der Waals surface area contributed by atoms with Gasteiger partial charge in [-0.25, -0.2) is 19.8 Å². The molecule has 0 aliphatic carbocycles. The van der Waals surface area contributed by atoms with E-state index < -0.39 is 11.9 Å². The fraction of sp³-hybridized carbons (Fsp3) is 0.857. The van der Waals surface area contributed by atoms with Gasteiger partial charge >= 0.3 is 11.9 Å². The first-order chi connectivity index (χ1) is 16.1. The fourth-order valence-electron chi connectivity index (χ4n) is 2.18. The van der Waals surface area contributed by atoms with Crippen molar-refractivity contribution in [3.8, 4) is 0 Å². The molecule has 0 saturated carbocycles. The molecule has 0 aromatic rings. The molecule has 4 nitrogen and oxygen atoms in total. The van der Waals surface area contributed by atoms with E-state index >= 15 is 0 Å². The van der Waals surface area contributed by atoms with Gasteiger partial charge in [-0.1, -0.05) is 120 Å². The Morgan fingerprint density at radius 1 is 0.629 bits per heavy atom. The van der Waals surface area contributed by atoms with Crippen LogP contribution in [0.1, 0.15) is 119 Å². The Hall–Kier alpha value is 0.439. The van der Waals surface area contributed by atoms with Crippen LogP contribution in [0.5, 0.6) is 0 Å². The number of rotatable bonds is 18. The molecule has 0 unspecified atom stereocenters. The SMILES string of the molecule is CC(C)CCCCCSCC([O])=O.CC(C)CCCCCSCC([O])=O.[CH2]CCC.[CH2]CCC.[Sn]. The number of hydrogen-bond acceptors (Lipinski definition) is 4. The van der Waals surface area contributed by atoms with Gasteiger partial charge in [-0.2, -0.15) is 0 Å². The van der Waals surface area contributed by atoms with E-state index in [9.17, 15) is 19.8 Å². The average Bonchev–Trinajstić information content (AvgIpc) is 2.77. The Labute approximate surface area is 245 Å². The second-order valence-electron chi connectivity index (χ2n) is 9.04. The predicted octanol–water partition coefficient (Wildman–Crippen LogP) is 8.65. The number of carbonyl (C=O) groups excluding carboxylic acids is 2. The van der Waals surface area contributed by atoms with Gasteiger partial charge in [0.05, 0.1) is 11.5 Å². The smallest absolute Gasteiger partial charge is 0.246 e. The first-order valence-corrected chi connectivity index (χ1v) is 15.5. The van der Waals surface area contributed by atoms with Crippen molar-refractivity contribution in [1.29, 1.82) is 0 Å². The van der Waals surface area contributed by atoms with Crippen molar-refractivity contribution in [3.63, 3.8) is 0 Å². The van der Waals surface area contributed by atoms with Crippen LogP contribution < -0.4 is 0 Å². The average molecular weight is 640 g/mol. The molecule has 0 amide bonds. The topological polar surface area (TPSA) is 73.9 Å². The summed E-state index contributed by atoms with van der Waals surface area (Å²) in [4.78, 5) is 20.1. The van der Waals surface area contributed by atoms with E-state index in [2.05, 4.69) is 55.4 Å². The van der Waals surface area contributed by atoms with Crippen molar-refractivity contribution < 1.29 is 19.8 Å². The summed E-state index contributed by atoms with van der Waals surface area (Å²) in [7, 11) is 0. The molecular weight excluding hydrogens is 583 g/mol. The van der Waals surface area contributed by atoms with Gasteiger partial charge in [-0.05, 0) is 36.2 Å². The number of hydrogen-bond donors (Lipinski definition) is 0. The molecule has 8 radical (unpaired) electrons. The van der Waals surface area contributed by atoms with Gasteiger partial charge in [-0.3, -0.25) is 0 Å². The quantitative estimate of drug-likeness (QED) is 0.111. The zero-order valence-corrected chi connectivity index (χ0v) is 28.3. The molecule has 0 heterocycles. The molecular formula is C28H56O4S2Sn. The molecule has 0 spiro atoms. The fourth-order valence-corrected chi connectivity index (χ4v) is 3.62. The molecule has 0 aliphatic rings. The van der Waals surface area contributed by atoms with E-state index in [-0.39, 0.29) is 35.4 Å². The standard InChI is InChI=1S/2C10H19O2S.2C4H9.Sn/c2*1-9(2)6-4-3-5-7-13-8-10(11)12;2*1-3-4-2;/h2*9H,3-8H2,1-2H3;2*1,3-4H2,2H3;. The third-order valence-corrected chi connectivity index (χ3v) is 6.32. The molecule has 0 aromatic heterocycles. The van der Waals surface area contributed by atoms with Crippen LogP contribution in [-0.2, 0) is 19.8 Å². The van der Waals surface area contributed by atoms with Crippen molar-refractivity contribution in [3.05, 3.63) is 13.8 Å². The second-order valence-corrected chi connectivity index (χ2v) is 11.3. The minimum absolute atomic E-state index is 0. The largest absolute Gasteiger partial charge is 0.365 e. The molecule has 35 heavy (non-hydrogen) atoms. The Balaban J connectivity index is -0.000000128. The summed E-state index contributed by atoms with van der Waals surface area (Å²) in [6.07, 6.45) is 14.4. The maximum Gasteiger partial charge on any atom is 0.365 e. The zero-order chi connectivity index (χ0) is 27.0. The second kappa shape index (κ2) is 41.6. The maximum atomic E-state index is 10.0. The van der Waals surface area contributed by atoms with E-state index in [4.69, 9.17) is 0 Å². The molecule has 0 aromatic carbocycles. The molecule has 0 atom stereocenters. The molecule has 0 aliphatic heterocycles. The van der Waals surface area contributed by atoms with Crippen LogP contribution in [0.3, 0.4) is 0 Å². The molecule has 0 rings (SSSR count). The number of unbranched alkanes of at least 4 members (excludes halogenated alkanes) is 6. The van der Waals surface area contributed by atoms with Crippen molar-refractivity contribution in [2.75, 3.05) is 23.0 Å².